The van der Waals surface area contributed by atoms with Crippen molar-refractivity contribution < 1.29 is 80.2 Å². The average Bonchev–Trinajstić information content (AvgIpc) is 0.901. The van der Waals surface area contributed by atoms with Crippen molar-refractivity contribution in [3.05, 3.63) is 0 Å². The largest absolute Gasteiger partial charge is 0.472 e. The van der Waals surface area contributed by atoms with Crippen LogP contribution in [0.1, 0.15) is 478 Å². The topological polar surface area (TPSA) is 237 Å². The Balaban J connectivity index is 5.22. The van der Waals surface area contributed by atoms with E-state index < -0.39 is 97.5 Å². The SMILES string of the molecule is CCCCCCCCCCCCCCCCCCCCCCC(=O)OC[C@H](COP(=O)(O)OC[C@@H](O)COP(=O)(O)OC[C@@H](COC(=O)CCCCCCCCC(C)CC)OC(=O)CCCCCCCCCCCCCCCCCC(C)C)OC(=O)CCCCCCCCCCCCCCCCCCCCCC. The van der Waals surface area contributed by atoms with Crippen LogP contribution in [0.25, 0.3) is 0 Å². The minimum atomic E-state index is -4.97. The zero-order chi connectivity index (χ0) is 79.2. The summed E-state index contributed by atoms with van der Waals surface area (Å²) < 4.78 is 69.0. The van der Waals surface area contributed by atoms with Crippen LogP contribution in [0.3, 0.4) is 0 Å². The van der Waals surface area contributed by atoms with Crippen LogP contribution in [0.2, 0.25) is 0 Å². The van der Waals surface area contributed by atoms with Gasteiger partial charge in [0.15, 0.2) is 12.2 Å². The third kappa shape index (κ3) is 80.7. The fraction of sp³-hybridized carbons (Fsp3) is 0.955. The molecule has 0 amide bonds. The van der Waals surface area contributed by atoms with Crippen LogP contribution in [0, 0.1) is 11.8 Å². The van der Waals surface area contributed by atoms with Gasteiger partial charge in [0.05, 0.1) is 26.4 Å². The number of ether oxygens (including phenoxy) is 4. The van der Waals surface area contributed by atoms with Crippen molar-refractivity contribution in [1.82, 2.24) is 0 Å². The van der Waals surface area contributed by atoms with Crippen LogP contribution in [0.4, 0.5) is 0 Å². The number of phosphoric ester groups is 2. The molecule has 0 spiro atoms. The highest BCUT2D eigenvalue weighted by Crippen LogP contribution is 2.45. The number of unbranched alkanes of at least 4 members (excludes halogenated alkanes) is 57. The summed E-state index contributed by atoms with van der Waals surface area (Å²) in [6, 6.07) is 0. The molecular weight excluding hydrogens is 1400 g/mol. The third-order valence-electron chi connectivity index (χ3n) is 21.3. The maximum absolute atomic E-state index is 13.2. The third-order valence-corrected chi connectivity index (χ3v) is 23.2. The van der Waals surface area contributed by atoms with Crippen LogP contribution < -0.4 is 0 Å². The molecule has 0 fully saturated rings. The zero-order valence-corrected chi connectivity index (χ0v) is 73.0. The Morgan fingerprint density at radius 2 is 0.472 bits per heavy atom. The van der Waals surface area contributed by atoms with Crippen molar-refractivity contribution >= 4 is 39.5 Å². The van der Waals surface area contributed by atoms with Crippen LogP contribution in [0.5, 0.6) is 0 Å². The van der Waals surface area contributed by atoms with Crippen molar-refractivity contribution in [3.8, 4) is 0 Å². The molecule has 6 atom stereocenters. The minimum Gasteiger partial charge on any atom is -0.462 e. The molecular formula is C89H174O17P2. The summed E-state index contributed by atoms with van der Waals surface area (Å²) in [6.07, 6.45) is 73.8. The summed E-state index contributed by atoms with van der Waals surface area (Å²) in [4.78, 5) is 73.3. The monoisotopic (exact) mass is 1580 g/mol. The van der Waals surface area contributed by atoms with Crippen LogP contribution in [-0.4, -0.2) is 96.7 Å². The lowest BCUT2D eigenvalue weighted by Gasteiger charge is -2.21. The molecule has 3 unspecified atom stereocenters. The van der Waals surface area contributed by atoms with E-state index in [1.54, 1.807) is 0 Å². The van der Waals surface area contributed by atoms with Crippen molar-refractivity contribution in [1.29, 1.82) is 0 Å². The quantitative estimate of drug-likeness (QED) is 0.0222. The predicted octanol–water partition coefficient (Wildman–Crippen LogP) is 27.4. The van der Waals surface area contributed by atoms with E-state index in [1.807, 2.05) is 0 Å². The fourth-order valence-electron chi connectivity index (χ4n) is 13.9. The number of carbonyl (C=O) groups is 4. The summed E-state index contributed by atoms with van der Waals surface area (Å²) >= 11 is 0. The molecule has 17 nitrogen and oxygen atoms in total. The molecule has 0 saturated carbocycles. The Bertz CT molecular complexity index is 2070. The molecule has 108 heavy (non-hydrogen) atoms. The molecule has 0 aromatic rings. The fourth-order valence-corrected chi connectivity index (χ4v) is 15.5. The first-order valence-electron chi connectivity index (χ1n) is 46.0. The van der Waals surface area contributed by atoms with Gasteiger partial charge in [-0.05, 0) is 37.5 Å². The van der Waals surface area contributed by atoms with E-state index in [9.17, 15) is 43.2 Å². The van der Waals surface area contributed by atoms with Gasteiger partial charge in [-0.2, -0.15) is 0 Å². The molecule has 0 rings (SSSR count). The molecule has 0 saturated heterocycles. The minimum absolute atomic E-state index is 0.107. The number of phosphoric acid groups is 2. The summed E-state index contributed by atoms with van der Waals surface area (Å²) in [7, 11) is -9.93. The van der Waals surface area contributed by atoms with Gasteiger partial charge in [0.25, 0.3) is 0 Å². The molecule has 3 N–H and O–H groups in total. The Hall–Kier alpha value is -1.94. The van der Waals surface area contributed by atoms with Gasteiger partial charge in [0, 0.05) is 25.7 Å². The molecule has 0 aliphatic carbocycles. The lowest BCUT2D eigenvalue weighted by molar-refractivity contribution is -0.161. The number of carbonyl (C=O) groups excluding carboxylic acids is 4. The van der Waals surface area contributed by atoms with E-state index in [0.717, 1.165) is 108 Å². The summed E-state index contributed by atoms with van der Waals surface area (Å²) in [5.41, 5.74) is 0. The number of rotatable bonds is 88. The summed E-state index contributed by atoms with van der Waals surface area (Å²) in [5.74, 6) is -0.567. The van der Waals surface area contributed by atoms with Crippen molar-refractivity contribution in [3.63, 3.8) is 0 Å². The van der Waals surface area contributed by atoms with Crippen molar-refractivity contribution in [2.75, 3.05) is 39.6 Å². The summed E-state index contributed by atoms with van der Waals surface area (Å²) in [6.45, 7) is 9.67. The molecule has 0 heterocycles. The molecule has 0 aromatic carbocycles. The Morgan fingerprint density at radius 3 is 0.704 bits per heavy atom. The van der Waals surface area contributed by atoms with E-state index in [1.165, 1.54) is 289 Å². The number of hydrogen-bond donors (Lipinski definition) is 3. The van der Waals surface area contributed by atoms with Crippen molar-refractivity contribution in [2.45, 2.75) is 496 Å². The van der Waals surface area contributed by atoms with Crippen LogP contribution >= 0.6 is 15.6 Å². The van der Waals surface area contributed by atoms with Gasteiger partial charge in [-0.25, -0.2) is 9.13 Å². The second-order valence-electron chi connectivity index (χ2n) is 32.7. The maximum atomic E-state index is 13.2. The highest BCUT2D eigenvalue weighted by Gasteiger charge is 2.31. The average molecular weight is 1580 g/mol. The van der Waals surface area contributed by atoms with Crippen LogP contribution in [0.15, 0.2) is 0 Å². The summed E-state index contributed by atoms with van der Waals surface area (Å²) in [5, 5.41) is 10.7. The van der Waals surface area contributed by atoms with Gasteiger partial charge in [-0.3, -0.25) is 37.3 Å². The van der Waals surface area contributed by atoms with E-state index in [2.05, 4.69) is 41.5 Å². The van der Waals surface area contributed by atoms with E-state index >= 15 is 0 Å². The van der Waals surface area contributed by atoms with Gasteiger partial charge in [0.2, 0.25) is 0 Å². The van der Waals surface area contributed by atoms with Crippen LogP contribution in [-0.2, 0) is 65.4 Å². The van der Waals surface area contributed by atoms with E-state index in [-0.39, 0.29) is 25.7 Å². The molecule has 0 aromatic heterocycles. The zero-order valence-electron chi connectivity index (χ0n) is 71.2. The molecule has 0 radical (unpaired) electrons. The molecule has 19 heteroatoms. The first kappa shape index (κ1) is 106. The van der Waals surface area contributed by atoms with Gasteiger partial charge in [-0.15, -0.1) is 0 Å². The molecule has 642 valence electrons. The highest BCUT2D eigenvalue weighted by molar-refractivity contribution is 7.47. The number of aliphatic hydroxyl groups is 1. The standard InChI is InChI=1S/C89H174O17P2/c1-7-10-12-14-16-18-20-22-24-26-28-30-32-36-40-44-48-52-59-65-71-86(91)99-77-84(105-88(93)73-67-61-53-49-45-41-37-33-31-29-27-25-23-21-19-17-15-13-11-8-2)79-103-107(95,96)101-75-83(90)76-102-108(97,98)104-80-85(78-100-87(92)72-66-60-56-55-58-64-70-82(6)9-3)106-89(94)74-68-62-54-50-46-42-38-34-35-39-43-47-51-57-63-69-81(4)5/h81-85,90H,7-80H2,1-6H3,(H,95,96)(H,97,98)/t82?,83-,84-,85-/m1/s1. The molecule has 0 aliphatic heterocycles. The first-order chi connectivity index (χ1) is 52.4. The Morgan fingerprint density at radius 1 is 0.269 bits per heavy atom. The normalized spacial score (nSPS) is 14.0. The number of hydrogen-bond acceptors (Lipinski definition) is 15. The van der Waals surface area contributed by atoms with Gasteiger partial charge < -0.3 is 33.8 Å². The van der Waals surface area contributed by atoms with Gasteiger partial charge >= 0.3 is 39.5 Å². The first-order valence-corrected chi connectivity index (χ1v) is 49.0. The second kappa shape index (κ2) is 80.3. The lowest BCUT2D eigenvalue weighted by Crippen LogP contribution is -2.30. The number of aliphatic hydroxyl groups excluding tert-OH is 1. The smallest absolute Gasteiger partial charge is 0.462 e. The number of esters is 4. The Labute approximate surface area is 664 Å². The van der Waals surface area contributed by atoms with E-state index in [4.69, 9.17) is 37.0 Å². The molecule has 0 aliphatic rings. The highest BCUT2D eigenvalue weighted by atomic mass is 31.2. The molecule has 0 bridgehead atoms. The second-order valence-corrected chi connectivity index (χ2v) is 35.6. The van der Waals surface area contributed by atoms with E-state index in [0.29, 0.717) is 25.7 Å². The van der Waals surface area contributed by atoms with Gasteiger partial charge in [-0.1, -0.05) is 427 Å². The van der Waals surface area contributed by atoms with Crippen molar-refractivity contribution in [2.24, 2.45) is 11.8 Å². The van der Waals surface area contributed by atoms with Gasteiger partial charge in [0.1, 0.15) is 19.3 Å². The Kier molecular flexibility index (Phi) is 78.8. The lowest BCUT2D eigenvalue weighted by atomic mass is 10.00. The maximum Gasteiger partial charge on any atom is 0.472 e. The predicted molar refractivity (Wildman–Crippen MR) is 446 cm³/mol.